The minimum atomic E-state index is -0.250. The molecule has 0 N–H and O–H groups in total. The number of esters is 1. The van der Waals surface area contributed by atoms with E-state index in [0.717, 1.165) is 10.8 Å². The molecule has 1 atom stereocenters. The Morgan fingerprint density at radius 3 is 2.69 bits per heavy atom. The van der Waals surface area contributed by atoms with Crippen molar-refractivity contribution in [3.8, 4) is 5.69 Å². The van der Waals surface area contributed by atoms with Gasteiger partial charge in [-0.15, -0.1) is 0 Å². The summed E-state index contributed by atoms with van der Waals surface area (Å²) in [4.78, 5) is 31.2. The zero-order valence-corrected chi connectivity index (χ0v) is 18.4. The van der Waals surface area contributed by atoms with E-state index in [2.05, 4.69) is 31.0 Å². The number of aromatic nitrogens is 2. The molecular formula is C22H29N3O3S. The Morgan fingerprint density at radius 2 is 2.00 bits per heavy atom. The van der Waals surface area contributed by atoms with Crippen molar-refractivity contribution in [3.05, 3.63) is 41.7 Å². The van der Waals surface area contributed by atoms with Crippen LogP contribution < -0.4 is 0 Å². The molecule has 6 nitrogen and oxygen atoms in total. The molecule has 0 aliphatic carbocycles. The normalized spacial score (nSPS) is 15.9. The average Bonchev–Trinajstić information content (AvgIpc) is 3.17. The second-order valence-electron chi connectivity index (χ2n) is 7.41. The number of benzene rings is 1. The van der Waals surface area contributed by atoms with Crippen molar-refractivity contribution in [2.45, 2.75) is 50.9 Å². The van der Waals surface area contributed by atoms with Crippen LogP contribution in [0.25, 0.3) is 5.69 Å². The predicted molar refractivity (Wildman–Crippen MR) is 114 cm³/mol. The maximum Gasteiger partial charge on any atom is 0.309 e. The van der Waals surface area contributed by atoms with Crippen molar-refractivity contribution < 1.29 is 14.3 Å². The van der Waals surface area contributed by atoms with E-state index in [4.69, 9.17) is 4.74 Å². The van der Waals surface area contributed by atoms with Crippen LogP contribution in [0.15, 0.2) is 35.7 Å². The molecule has 0 unspecified atom stereocenters. The summed E-state index contributed by atoms with van der Waals surface area (Å²) in [6.07, 6.45) is 5.04. The number of hydrogen-bond donors (Lipinski definition) is 0. The van der Waals surface area contributed by atoms with E-state index in [1.165, 1.54) is 22.9 Å². The number of ether oxygens (including phenoxy) is 1. The summed E-state index contributed by atoms with van der Waals surface area (Å²) in [5.41, 5.74) is 3.51. The highest BCUT2D eigenvalue weighted by atomic mass is 32.2. The Morgan fingerprint density at radius 1 is 1.28 bits per heavy atom. The van der Waals surface area contributed by atoms with E-state index >= 15 is 0 Å². The third kappa shape index (κ3) is 4.83. The third-order valence-corrected chi connectivity index (χ3v) is 6.57. The number of imidazole rings is 1. The number of nitrogens with zero attached hydrogens (tertiary/aromatic N) is 3. The van der Waals surface area contributed by atoms with Gasteiger partial charge in [0.05, 0.1) is 23.5 Å². The summed E-state index contributed by atoms with van der Waals surface area (Å²) in [7, 11) is 0. The first kappa shape index (κ1) is 21.4. The van der Waals surface area contributed by atoms with Crippen LogP contribution in [0, 0.1) is 19.8 Å². The molecule has 1 aromatic carbocycles. The first-order valence-electron chi connectivity index (χ1n) is 10.1. The summed E-state index contributed by atoms with van der Waals surface area (Å²) in [5, 5.41) is 0.557. The quantitative estimate of drug-likeness (QED) is 0.531. The smallest absolute Gasteiger partial charge is 0.309 e. The Kier molecular flexibility index (Phi) is 7.00. The molecule has 1 fully saturated rings. The largest absolute Gasteiger partial charge is 0.466 e. The van der Waals surface area contributed by atoms with Crippen molar-refractivity contribution in [1.82, 2.24) is 14.5 Å². The fourth-order valence-electron chi connectivity index (χ4n) is 3.62. The van der Waals surface area contributed by atoms with Gasteiger partial charge in [-0.05, 0) is 57.7 Å². The monoisotopic (exact) mass is 415 g/mol. The van der Waals surface area contributed by atoms with E-state index in [1.807, 2.05) is 35.6 Å². The lowest BCUT2D eigenvalue weighted by Gasteiger charge is -2.32. The van der Waals surface area contributed by atoms with Gasteiger partial charge in [0.25, 0.3) is 0 Å². The van der Waals surface area contributed by atoms with Crippen LogP contribution in [0.3, 0.4) is 0 Å². The Balaban J connectivity index is 1.64. The molecule has 0 radical (unpaired) electrons. The number of carbonyl (C=O) groups excluding carboxylic acids is 2. The topological polar surface area (TPSA) is 64.4 Å². The molecule has 0 saturated carbocycles. The molecule has 1 aromatic heterocycles. The van der Waals surface area contributed by atoms with Gasteiger partial charge in [-0.3, -0.25) is 14.2 Å². The molecule has 0 spiro atoms. The number of aryl methyl sites for hydroxylation is 1. The van der Waals surface area contributed by atoms with Gasteiger partial charge < -0.3 is 9.64 Å². The molecule has 156 valence electrons. The van der Waals surface area contributed by atoms with E-state index in [1.54, 1.807) is 6.20 Å². The highest BCUT2D eigenvalue weighted by molar-refractivity contribution is 8.00. The number of piperidine rings is 1. The van der Waals surface area contributed by atoms with Crippen molar-refractivity contribution in [3.63, 3.8) is 0 Å². The van der Waals surface area contributed by atoms with E-state index in [-0.39, 0.29) is 23.0 Å². The van der Waals surface area contributed by atoms with Crippen molar-refractivity contribution in [2.75, 3.05) is 19.7 Å². The molecule has 1 saturated heterocycles. The lowest BCUT2D eigenvalue weighted by molar-refractivity contribution is -0.151. The number of likely N-dealkylation sites (tertiary alicyclic amines) is 1. The second-order valence-corrected chi connectivity index (χ2v) is 8.72. The van der Waals surface area contributed by atoms with Crippen molar-refractivity contribution >= 4 is 23.6 Å². The number of rotatable bonds is 6. The molecule has 1 aliphatic heterocycles. The number of thioether (sulfide) groups is 1. The minimum Gasteiger partial charge on any atom is -0.466 e. The van der Waals surface area contributed by atoms with E-state index in [9.17, 15) is 9.59 Å². The third-order valence-electron chi connectivity index (χ3n) is 5.50. The summed E-state index contributed by atoms with van der Waals surface area (Å²) in [5.74, 6) is -0.143. The summed E-state index contributed by atoms with van der Waals surface area (Å²) in [6.45, 7) is 9.52. The van der Waals surface area contributed by atoms with Crippen LogP contribution in [0.2, 0.25) is 0 Å². The van der Waals surface area contributed by atoms with Gasteiger partial charge in [0, 0.05) is 25.5 Å². The van der Waals surface area contributed by atoms with Crippen LogP contribution in [0.5, 0.6) is 0 Å². The number of carbonyl (C=O) groups is 2. The first-order chi connectivity index (χ1) is 13.9. The predicted octanol–water partition coefficient (Wildman–Crippen LogP) is 3.77. The molecule has 3 rings (SSSR count). The summed E-state index contributed by atoms with van der Waals surface area (Å²) in [6, 6.07) is 6.20. The van der Waals surface area contributed by atoms with E-state index < -0.39 is 0 Å². The highest BCUT2D eigenvalue weighted by Gasteiger charge is 2.30. The van der Waals surface area contributed by atoms with Gasteiger partial charge in [-0.1, -0.05) is 23.9 Å². The standard InChI is InChI=1S/C22H29N3O3S/c1-5-28-21(27)18-9-12-24(13-10-18)20(26)17(4)29-22-23-11-14-25(22)19-8-6-7-15(2)16(19)3/h6-8,11,14,17-18H,5,9-10,12-13H2,1-4H3/t17-/m1/s1. The van der Waals surface area contributed by atoms with Crippen LogP contribution in [-0.4, -0.2) is 51.3 Å². The van der Waals surface area contributed by atoms with Crippen molar-refractivity contribution in [2.24, 2.45) is 5.92 Å². The molecule has 2 heterocycles. The summed E-state index contributed by atoms with van der Waals surface area (Å²) >= 11 is 1.47. The molecule has 0 bridgehead atoms. The van der Waals surface area contributed by atoms with Crippen LogP contribution in [0.1, 0.15) is 37.8 Å². The minimum absolute atomic E-state index is 0.0906. The fourth-order valence-corrected chi connectivity index (χ4v) is 4.58. The lowest BCUT2D eigenvalue weighted by Crippen LogP contribution is -2.43. The van der Waals surface area contributed by atoms with Gasteiger partial charge in [-0.25, -0.2) is 4.98 Å². The van der Waals surface area contributed by atoms with Gasteiger partial charge in [-0.2, -0.15) is 0 Å². The van der Waals surface area contributed by atoms with Gasteiger partial charge in [0.15, 0.2) is 5.16 Å². The average molecular weight is 416 g/mol. The zero-order valence-electron chi connectivity index (χ0n) is 17.6. The second kappa shape index (κ2) is 9.48. The molecule has 7 heteroatoms. The SMILES string of the molecule is CCOC(=O)C1CCN(C(=O)[C@@H](C)Sc2nccn2-c2cccc(C)c2C)CC1. The van der Waals surface area contributed by atoms with E-state index in [0.29, 0.717) is 32.5 Å². The van der Waals surface area contributed by atoms with Gasteiger partial charge in [0.1, 0.15) is 0 Å². The molecule has 2 aromatic rings. The van der Waals surface area contributed by atoms with Crippen LogP contribution in [-0.2, 0) is 14.3 Å². The first-order valence-corrected chi connectivity index (χ1v) is 11.0. The number of hydrogen-bond acceptors (Lipinski definition) is 5. The molecular weight excluding hydrogens is 386 g/mol. The van der Waals surface area contributed by atoms with Gasteiger partial charge in [0.2, 0.25) is 5.91 Å². The Hall–Kier alpha value is -2.28. The maximum atomic E-state index is 12.9. The molecule has 1 aliphatic rings. The van der Waals surface area contributed by atoms with Crippen LogP contribution >= 0.6 is 11.8 Å². The fraction of sp³-hybridized carbons (Fsp3) is 0.500. The highest BCUT2D eigenvalue weighted by Crippen LogP contribution is 2.29. The molecule has 1 amide bonds. The Bertz CT molecular complexity index is 872. The molecule has 29 heavy (non-hydrogen) atoms. The Labute approximate surface area is 176 Å². The van der Waals surface area contributed by atoms with Crippen LogP contribution in [0.4, 0.5) is 0 Å². The lowest BCUT2D eigenvalue weighted by atomic mass is 9.97. The zero-order chi connectivity index (χ0) is 21.0. The maximum absolute atomic E-state index is 12.9. The number of amides is 1. The summed E-state index contributed by atoms with van der Waals surface area (Å²) < 4.78 is 7.16. The van der Waals surface area contributed by atoms with Gasteiger partial charge >= 0.3 is 5.97 Å². The van der Waals surface area contributed by atoms with Crippen molar-refractivity contribution in [1.29, 1.82) is 0 Å².